The van der Waals surface area contributed by atoms with E-state index in [0.717, 1.165) is 4.57 Å². The minimum Gasteiger partial charge on any atom is -0.462 e. The molecule has 0 radical (unpaired) electrons. The first-order chi connectivity index (χ1) is 14.8. The van der Waals surface area contributed by atoms with Crippen molar-refractivity contribution in [3.63, 3.8) is 0 Å². The van der Waals surface area contributed by atoms with Crippen LogP contribution < -0.4 is 11.2 Å². The van der Waals surface area contributed by atoms with Crippen LogP contribution in [-0.4, -0.2) is 96.5 Å². The smallest absolute Gasteiger partial charge is 0.351 e. The van der Waals surface area contributed by atoms with Crippen LogP contribution in [0.15, 0.2) is 17.1 Å². The van der Waals surface area contributed by atoms with Gasteiger partial charge in [0.2, 0.25) is 0 Å². The highest BCUT2D eigenvalue weighted by Crippen LogP contribution is 2.29. The van der Waals surface area contributed by atoms with E-state index in [1.165, 1.54) is 26.5 Å². The fourth-order valence-electron chi connectivity index (χ4n) is 3.23. The molecule has 1 fully saturated rings. The van der Waals surface area contributed by atoms with Crippen molar-refractivity contribution >= 4 is 11.8 Å². The molecule has 2 heterocycles. The summed E-state index contributed by atoms with van der Waals surface area (Å²) in [6.45, 7) is 1.70. The van der Waals surface area contributed by atoms with E-state index in [1.807, 2.05) is 0 Å². The van der Waals surface area contributed by atoms with Crippen molar-refractivity contribution in [2.75, 3.05) is 52.7 Å². The largest absolute Gasteiger partial charge is 0.462 e. The normalized spacial score (nSPS) is 23.7. The van der Waals surface area contributed by atoms with E-state index in [1.54, 1.807) is 12.4 Å². The van der Waals surface area contributed by atoms with E-state index >= 15 is 0 Å². The van der Waals surface area contributed by atoms with Crippen molar-refractivity contribution in [1.82, 2.24) is 9.55 Å². The first kappa shape index (κ1) is 25.1. The van der Waals surface area contributed by atoms with Crippen molar-refractivity contribution in [2.24, 2.45) is 5.41 Å². The third-order valence-corrected chi connectivity index (χ3v) is 4.79. The van der Waals surface area contributed by atoms with Crippen LogP contribution in [-0.2, 0) is 28.5 Å². The summed E-state index contributed by atoms with van der Waals surface area (Å²) in [4.78, 5) is 28.4. The molecule has 13 nitrogen and oxygen atoms in total. The second-order valence-electron chi connectivity index (χ2n) is 7.04. The van der Waals surface area contributed by atoms with Crippen molar-refractivity contribution in [3.8, 4) is 0 Å². The summed E-state index contributed by atoms with van der Waals surface area (Å²) in [5, 5.41) is 29.4. The number of rotatable bonds is 12. The Morgan fingerprint density at radius 3 is 2.48 bits per heavy atom. The van der Waals surface area contributed by atoms with Crippen molar-refractivity contribution in [1.29, 1.82) is 0 Å². The molecule has 0 saturated carbocycles. The topological polar surface area (TPSA) is 171 Å². The zero-order valence-electron chi connectivity index (χ0n) is 17.6. The molecule has 4 N–H and O–H groups in total. The average molecular weight is 447 g/mol. The molecule has 1 aliphatic heterocycles. The zero-order valence-corrected chi connectivity index (χ0v) is 17.6. The molecule has 176 valence electrons. The van der Waals surface area contributed by atoms with Crippen LogP contribution in [0.25, 0.3) is 0 Å². The van der Waals surface area contributed by atoms with Crippen molar-refractivity contribution < 1.29 is 43.9 Å². The Morgan fingerprint density at radius 1 is 1.26 bits per heavy atom. The number of hydrogen-bond donors (Lipinski definition) is 4. The van der Waals surface area contributed by atoms with Gasteiger partial charge in [-0.1, -0.05) is 0 Å². The molecule has 4 atom stereocenters. The summed E-state index contributed by atoms with van der Waals surface area (Å²) in [6, 6.07) is 1.27. The Labute approximate surface area is 178 Å². The fraction of sp³-hybridized carbons (Fsp3) is 0.722. The van der Waals surface area contributed by atoms with Crippen LogP contribution >= 0.6 is 0 Å². The number of carbonyl (C=O) groups excluding carboxylic acids is 1. The summed E-state index contributed by atoms with van der Waals surface area (Å²) in [5.74, 6) is -0.780. The number of carbonyl (C=O) groups is 1. The van der Waals surface area contributed by atoms with Crippen molar-refractivity contribution in [2.45, 2.75) is 31.5 Å². The maximum Gasteiger partial charge on any atom is 0.351 e. The highest BCUT2D eigenvalue weighted by Gasteiger charge is 2.46. The molecule has 1 saturated heterocycles. The van der Waals surface area contributed by atoms with Gasteiger partial charge in [0, 0.05) is 27.0 Å². The highest BCUT2D eigenvalue weighted by molar-refractivity contribution is 5.77. The summed E-state index contributed by atoms with van der Waals surface area (Å²) in [7, 11) is 2.86. The molecule has 1 aromatic rings. The minimum atomic E-state index is -1.48. The van der Waals surface area contributed by atoms with Gasteiger partial charge in [0.25, 0.3) is 0 Å². The number of esters is 1. The first-order valence-electron chi connectivity index (χ1n) is 9.57. The number of aromatic nitrogens is 2. The second-order valence-corrected chi connectivity index (χ2v) is 7.04. The fourth-order valence-corrected chi connectivity index (χ4v) is 3.23. The molecule has 2 rings (SSSR count). The Hall–Kier alpha value is -2.13. The lowest BCUT2D eigenvalue weighted by molar-refractivity contribution is -0.175. The number of nitrogens with one attached hydrogen (secondary N) is 1. The minimum absolute atomic E-state index is 0.00432. The Morgan fingerprint density at radius 2 is 1.94 bits per heavy atom. The molecule has 13 heteroatoms. The highest BCUT2D eigenvalue weighted by atomic mass is 16.6. The van der Waals surface area contributed by atoms with Crippen LogP contribution in [0.5, 0.6) is 0 Å². The maximum atomic E-state index is 12.8. The summed E-state index contributed by atoms with van der Waals surface area (Å²) in [5.41, 5.74) is -0.326. The number of anilines is 1. The van der Waals surface area contributed by atoms with Crippen LogP contribution in [0.3, 0.4) is 0 Å². The quantitative estimate of drug-likeness (QED) is 0.217. The summed E-state index contributed by atoms with van der Waals surface area (Å²) in [6.07, 6.45) is -4.07. The van der Waals surface area contributed by atoms with Crippen molar-refractivity contribution in [3.05, 3.63) is 22.7 Å². The lowest BCUT2D eigenvalue weighted by Crippen LogP contribution is -2.46. The zero-order chi connectivity index (χ0) is 23.0. The van der Waals surface area contributed by atoms with Gasteiger partial charge in [-0.25, -0.2) is 4.79 Å². The molecule has 0 spiro atoms. The molecule has 1 aliphatic rings. The lowest BCUT2D eigenvalue weighted by atomic mass is 9.91. The molecule has 0 amide bonds. The van der Waals surface area contributed by atoms with E-state index in [4.69, 9.17) is 28.9 Å². The van der Waals surface area contributed by atoms with E-state index in [0.29, 0.717) is 6.61 Å². The SMILES string of the molecule is CCOCC(COC)(COC)C(=O)OC[C@H]1O[C@@H](n2ccc(NO)nc2=O)[C@H](O)[C@@H]1O. The van der Waals surface area contributed by atoms with Crippen LogP contribution in [0.4, 0.5) is 5.82 Å². The Balaban J connectivity index is 2.10. The molecule has 31 heavy (non-hydrogen) atoms. The van der Waals surface area contributed by atoms with E-state index < -0.39 is 48.2 Å². The molecular formula is C18H29N3O10. The average Bonchev–Trinajstić information content (AvgIpc) is 3.04. The molecule has 0 aliphatic carbocycles. The third-order valence-electron chi connectivity index (χ3n) is 4.79. The van der Waals surface area contributed by atoms with E-state index in [9.17, 15) is 19.8 Å². The standard InChI is InChI=1S/C18H29N3O10/c1-4-29-10-18(8-27-2,9-28-3)16(24)30-7-11-13(22)14(23)15(31-11)21-6-5-12(20-26)19-17(21)25/h5-6,11,13-15,22-23,26H,4,7-10H2,1-3H3,(H,19,20,25)/t11-,13-,14-,15-/m1/s1. The summed E-state index contributed by atoms with van der Waals surface area (Å²) >= 11 is 0. The van der Waals surface area contributed by atoms with Crippen LogP contribution in [0.2, 0.25) is 0 Å². The molecule has 0 bridgehead atoms. The van der Waals surface area contributed by atoms with E-state index in [2.05, 4.69) is 4.98 Å². The predicted octanol–water partition coefficient (Wildman–Crippen LogP) is -1.48. The van der Waals surface area contributed by atoms with Gasteiger partial charge in [0.1, 0.15) is 30.3 Å². The molecule has 1 aromatic heterocycles. The number of methoxy groups -OCH3 is 2. The molecule has 0 unspecified atom stereocenters. The monoisotopic (exact) mass is 447 g/mol. The first-order valence-corrected chi connectivity index (χ1v) is 9.57. The number of ether oxygens (including phenoxy) is 5. The summed E-state index contributed by atoms with van der Waals surface area (Å²) < 4.78 is 27.5. The van der Waals surface area contributed by atoms with Gasteiger partial charge in [0.15, 0.2) is 12.0 Å². The lowest BCUT2D eigenvalue weighted by Gasteiger charge is -2.30. The molecule has 0 aromatic carbocycles. The van der Waals surface area contributed by atoms with Gasteiger partial charge in [0.05, 0.1) is 19.8 Å². The molecular weight excluding hydrogens is 418 g/mol. The van der Waals surface area contributed by atoms with Gasteiger partial charge >= 0.3 is 11.7 Å². The maximum absolute atomic E-state index is 12.8. The van der Waals surface area contributed by atoms with Crippen LogP contribution in [0.1, 0.15) is 13.2 Å². The van der Waals surface area contributed by atoms with E-state index in [-0.39, 0.29) is 25.6 Å². The Kier molecular flexibility index (Phi) is 9.31. The Bertz CT molecular complexity index is 767. The predicted molar refractivity (Wildman–Crippen MR) is 103 cm³/mol. The number of aliphatic hydroxyl groups is 2. The van der Waals surface area contributed by atoms with Gasteiger partial charge in [-0.3, -0.25) is 20.0 Å². The third kappa shape index (κ3) is 5.77. The van der Waals surface area contributed by atoms with Gasteiger partial charge < -0.3 is 33.9 Å². The number of hydrogen-bond acceptors (Lipinski definition) is 12. The second kappa shape index (κ2) is 11.5. The van der Waals surface area contributed by atoms with Gasteiger partial charge in [-0.15, -0.1) is 0 Å². The van der Waals surface area contributed by atoms with Gasteiger partial charge in [-0.05, 0) is 13.0 Å². The van der Waals surface area contributed by atoms with Crippen LogP contribution in [0, 0.1) is 5.41 Å². The van der Waals surface area contributed by atoms with Gasteiger partial charge in [-0.2, -0.15) is 4.98 Å². The number of nitrogens with zero attached hydrogens (tertiary/aromatic N) is 2. The number of aliphatic hydroxyl groups excluding tert-OH is 2.